The first-order chi connectivity index (χ1) is 10.7. The highest BCUT2D eigenvalue weighted by molar-refractivity contribution is 5.96. The summed E-state index contributed by atoms with van der Waals surface area (Å²) in [5.74, 6) is -0.158. The topological polar surface area (TPSA) is 114 Å². The van der Waals surface area contributed by atoms with Crippen LogP contribution in [0.2, 0.25) is 0 Å². The summed E-state index contributed by atoms with van der Waals surface area (Å²) in [4.78, 5) is 22.3. The average Bonchev–Trinajstić information content (AvgIpc) is 2.44. The molecule has 0 radical (unpaired) electrons. The Morgan fingerprint density at radius 1 is 1.30 bits per heavy atom. The Hall–Kier alpha value is -2.77. The summed E-state index contributed by atoms with van der Waals surface area (Å²) in [7, 11) is 1.39. The second kappa shape index (κ2) is 6.15. The maximum absolute atomic E-state index is 12.1. The van der Waals surface area contributed by atoms with Gasteiger partial charge < -0.3 is 9.84 Å². The normalized spacial score (nSPS) is 17.6. The lowest BCUT2D eigenvalue weighted by molar-refractivity contribution is -0.384. The first-order valence-electron chi connectivity index (χ1n) is 6.93. The van der Waals surface area contributed by atoms with Gasteiger partial charge in [-0.1, -0.05) is 13.8 Å². The predicted octanol–water partition coefficient (Wildman–Crippen LogP) is 3.85. The molecule has 1 aromatic carbocycles. The van der Waals surface area contributed by atoms with Crippen LogP contribution in [0.15, 0.2) is 39.9 Å². The number of aliphatic hydroxyl groups is 1. The molecule has 122 valence electrons. The summed E-state index contributed by atoms with van der Waals surface area (Å²) in [5.41, 5.74) is -0.504. The Labute approximate surface area is 132 Å². The van der Waals surface area contributed by atoms with Crippen molar-refractivity contribution >= 4 is 17.2 Å². The molecule has 0 saturated heterocycles. The molecule has 0 heterocycles. The van der Waals surface area contributed by atoms with Gasteiger partial charge in [0, 0.05) is 25.0 Å². The molecule has 0 bridgehead atoms. The van der Waals surface area contributed by atoms with E-state index in [0.717, 1.165) is 0 Å². The standard InChI is InChI=1S/C15H17N3O5/c1-15(2)7-11(19)14(12(20)8-15)17-16-10-6-9(18(21)22)4-5-13(10)23-3/h4-6,19H,7-8H2,1-3H3. The van der Waals surface area contributed by atoms with Gasteiger partial charge in [0.05, 0.1) is 12.0 Å². The molecule has 23 heavy (non-hydrogen) atoms. The van der Waals surface area contributed by atoms with Crippen molar-refractivity contribution in [3.05, 3.63) is 39.8 Å². The number of hydrogen-bond acceptors (Lipinski definition) is 7. The fourth-order valence-electron chi connectivity index (χ4n) is 2.37. The lowest BCUT2D eigenvalue weighted by atomic mass is 9.78. The van der Waals surface area contributed by atoms with Crippen LogP contribution in [-0.2, 0) is 4.79 Å². The highest BCUT2D eigenvalue weighted by Crippen LogP contribution is 2.37. The van der Waals surface area contributed by atoms with Crippen molar-refractivity contribution in [1.82, 2.24) is 0 Å². The van der Waals surface area contributed by atoms with Gasteiger partial charge in [-0.3, -0.25) is 14.9 Å². The number of nitro groups is 1. The summed E-state index contributed by atoms with van der Waals surface area (Å²) in [6.45, 7) is 3.75. The van der Waals surface area contributed by atoms with Crippen LogP contribution in [-0.4, -0.2) is 22.9 Å². The third-order valence-electron chi connectivity index (χ3n) is 3.45. The summed E-state index contributed by atoms with van der Waals surface area (Å²) in [5, 5.41) is 28.5. The second-order valence-electron chi connectivity index (χ2n) is 6.05. The predicted molar refractivity (Wildman–Crippen MR) is 81.8 cm³/mol. The third kappa shape index (κ3) is 3.71. The van der Waals surface area contributed by atoms with Crippen LogP contribution in [0.4, 0.5) is 11.4 Å². The number of carbonyl (C=O) groups is 1. The van der Waals surface area contributed by atoms with Gasteiger partial charge in [0.2, 0.25) is 0 Å². The van der Waals surface area contributed by atoms with Gasteiger partial charge in [0.25, 0.3) is 5.69 Å². The van der Waals surface area contributed by atoms with Crippen molar-refractivity contribution in [1.29, 1.82) is 0 Å². The van der Waals surface area contributed by atoms with Crippen molar-refractivity contribution in [2.75, 3.05) is 7.11 Å². The highest BCUT2D eigenvalue weighted by Gasteiger charge is 2.33. The van der Waals surface area contributed by atoms with E-state index >= 15 is 0 Å². The number of benzene rings is 1. The van der Waals surface area contributed by atoms with Crippen LogP contribution in [0.25, 0.3) is 0 Å². The molecule has 8 nitrogen and oxygen atoms in total. The average molecular weight is 319 g/mol. The molecule has 0 aromatic heterocycles. The molecule has 1 N–H and O–H groups in total. The van der Waals surface area contributed by atoms with Gasteiger partial charge in [0.15, 0.2) is 11.5 Å². The number of methoxy groups -OCH3 is 1. The number of ether oxygens (including phenoxy) is 1. The van der Waals surface area contributed by atoms with Gasteiger partial charge in [-0.15, -0.1) is 10.2 Å². The van der Waals surface area contributed by atoms with Gasteiger partial charge in [0.1, 0.15) is 17.2 Å². The van der Waals surface area contributed by atoms with E-state index in [4.69, 9.17) is 4.74 Å². The maximum atomic E-state index is 12.1. The van der Waals surface area contributed by atoms with E-state index in [1.807, 2.05) is 13.8 Å². The molecule has 0 unspecified atom stereocenters. The Kier molecular flexibility index (Phi) is 4.44. The van der Waals surface area contributed by atoms with E-state index in [9.17, 15) is 20.0 Å². The molecule has 0 fully saturated rings. The molecule has 0 atom stereocenters. The molecule has 1 aliphatic rings. The first-order valence-corrected chi connectivity index (χ1v) is 6.93. The molecule has 1 aliphatic carbocycles. The van der Waals surface area contributed by atoms with Gasteiger partial charge in [-0.05, 0) is 11.5 Å². The second-order valence-corrected chi connectivity index (χ2v) is 6.05. The van der Waals surface area contributed by atoms with E-state index < -0.39 is 4.92 Å². The Bertz CT molecular complexity index is 722. The third-order valence-corrected chi connectivity index (χ3v) is 3.45. The SMILES string of the molecule is COc1ccc([N+](=O)[O-])cc1N=NC1=C(O)CC(C)(C)CC1=O. The quantitative estimate of drug-likeness (QED) is 0.514. The number of non-ortho nitro benzene ring substituents is 1. The molecule has 0 saturated carbocycles. The Balaban J connectivity index is 2.38. The minimum atomic E-state index is -0.566. The van der Waals surface area contributed by atoms with Crippen LogP contribution >= 0.6 is 0 Å². The molecular weight excluding hydrogens is 302 g/mol. The van der Waals surface area contributed by atoms with E-state index in [1.54, 1.807) is 0 Å². The van der Waals surface area contributed by atoms with E-state index in [1.165, 1.54) is 25.3 Å². The Morgan fingerprint density at radius 3 is 2.57 bits per heavy atom. The zero-order valence-electron chi connectivity index (χ0n) is 13.1. The fraction of sp³-hybridized carbons (Fsp3) is 0.400. The number of hydrogen-bond donors (Lipinski definition) is 1. The number of azo groups is 1. The van der Waals surface area contributed by atoms with Crippen LogP contribution in [0, 0.1) is 15.5 Å². The Morgan fingerprint density at radius 2 is 2.00 bits per heavy atom. The van der Waals surface area contributed by atoms with Crippen molar-refractivity contribution in [3.63, 3.8) is 0 Å². The molecule has 2 rings (SSSR count). The largest absolute Gasteiger partial charge is 0.510 e. The minimum absolute atomic E-state index is 0.111. The number of Topliss-reactive ketones (excluding diaryl/α,β-unsaturated/α-hetero) is 1. The number of nitro benzene ring substituents is 1. The summed E-state index contributed by atoms with van der Waals surface area (Å²) < 4.78 is 5.07. The van der Waals surface area contributed by atoms with Crippen molar-refractivity contribution in [2.24, 2.45) is 15.6 Å². The highest BCUT2D eigenvalue weighted by atomic mass is 16.6. The summed E-state index contributed by atoms with van der Waals surface area (Å²) in [6, 6.07) is 3.87. The number of aliphatic hydroxyl groups excluding tert-OH is 1. The van der Waals surface area contributed by atoms with Crippen LogP contribution < -0.4 is 4.74 Å². The van der Waals surface area contributed by atoms with E-state index in [0.29, 0.717) is 6.42 Å². The smallest absolute Gasteiger partial charge is 0.271 e. The van der Waals surface area contributed by atoms with Gasteiger partial charge in [-0.25, -0.2) is 0 Å². The molecule has 8 heteroatoms. The molecule has 0 aliphatic heterocycles. The first kappa shape index (κ1) is 16.6. The van der Waals surface area contributed by atoms with Gasteiger partial charge in [-0.2, -0.15) is 0 Å². The maximum Gasteiger partial charge on any atom is 0.271 e. The van der Waals surface area contributed by atoms with Crippen molar-refractivity contribution < 1.29 is 19.6 Å². The van der Waals surface area contributed by atoms with Crippen LogP contribution in [0.1, 0.15) is 26.7 Å². The zero-order valence-corrected chi connectivity index (χ0v) is 13.1. The zero-order chi connectivity index (χ0) is 17.2. The number of ketones is 1. The number of allylic oxidation sites excluding steroid dienone is 2. The van der Waals surface area contributed by atoms with Gasteiger partial charge >= 0.3 is 0 Å². The summed E-state index contributed by atoms with van der Waals surface area (Å²) >= 11 is 0. The van der Waals surface area contributed by atoms with E-state index in [-0.39, 0.29) is 46.2 Å². The monoisotopic (exact) mass is 319 g/mol. The minimum Gasteiger partial charge on any atom is -0.510 e. The van der Waals surface area contributed by atoms with Crippen LogP contribution in [0.5, 0.6) is 5.75 Å². The molecular formula is C15H17N3O5. The number of nitrogens with zero attached hydrogens (tertiary/aromatic N) is 3. The van der Waals surface area contributed by atoms with Crippen LogP contribution in [0.3, 0.4) is 0 Å². The van der Waals surface area contributed by atoms with E-state index in [2.05, 4.69) is 10.2 Å². The fourth-order valence-corrected chi connectivity index (χ4v) is 2.37. The lowest BCUT2D eigenvalue weighted by Crippen LogP contribution is -2.25. The molecule has 0 spiro atoms. The lowest BCUT2D eigenvalue weighted by Gasteiger charge is -2.27. The molecule has 1 aromatic rings. The van der Waals surface area contributed by atoms with Crippen molar-refractivity contribution in [2.45, 2.75) is 26.7 Å². The molecule has 0 amide bonds. The number of carbonyl (C=O) groups excluding carboxylic acids is 1. The summed E-state index contributed by atoms with van der Waals surface area (Å²) in [6.07, 6.45) is 0.566. The van der Waals surface area contributed by atoms with Crippen molar-refractivity contribution in [3.8, 4) is 5.75 Å². The number of rotatable bonds is 4.